The molecule has 0 aromatic heterocycles. The molecule has 0 fully saturated rings. The molecule has 29 heavy (non-hydrogen) atoms. The molecule has 0 aliphatic carbocycles. The Labute approximate surface area is 166 Å². The average molecular weight is 401 g/mol. The largest absolute Gasteiger partial charge is 0.449 e. The summed E-state index contributed by atoms with van der Waals surface area (Å²) >= 11 is 0. The van der Waals surface area contributed by atoms with Crippen LogP contribution in [0.15, 0.2) is 42.5 Å². The lowest BCUT2D eigenvalue weighted by Crippen LogP contribution is -2.30. The Hall–Kier alpha value is -3.75. The van der Waals surface area contributed by atoms with Gasteiger partial charge >= 0.3 is 5.97 Å². The lowest BCUT2D eigenvalue weighted by Gasteiger charge is -2.15. The Morgan fingerprint density at radius 2 is 1.34 bits per heavy atom. The first-order valence-electron chi connectivity index (χ1n) is 8.61. The lowest BCUT2D eigenvalue weighted by molar-refractivity contribution is -0.123. The normalized spacial score (nSPS) is 11.2. The summed E-state index contributed by atoms with van der Waals surface area (Å²) in [5, 5.41) is 7.54. The van der Waals surface area contributed by atoms with Gasteiger partial charge in [-0.2, -0.15) is 0 Å². The molecule has 2 rings (SSSR count). The Bertz CT molecular complexity index is 909. The molecule has 1 atom stereocenters. The van der Waals surface area contributed by atoms with Crippen molar-refractivity contribution in [3.63, 3.8) is 0 Å². The maximum absolute atomic E-state index is 12.9. The summed E-state index contributed by atoms with van der Waals surface area (Å²) in [6.07, 6.45) is -1.15. The van der Waals surface area contributed by atoms with Gasteiger partial charge in [-0.1, -0.05) is 0 Å². The summed E-state index contributed by atoms with van der Waals surface area (Å²) in [4.78, 5) is 47.2. The Kier molecular flexibility index (Phi) is 7.02. The number of ether oxygens (including phenoxy) is 1. The summed E-state index contributed by atoms with van der Waals surface area (Å²) in [5.41, 5.74) is 0.930. The van der Waals surface area contributed by atoms with Gasteiger partial charge in [0.05, 0.1) is 5.56 Å². The standard InChI is InChI=1S/C20H20FN3O5/c1-11(19(27)24-16-6-4-15(21)5-7-16)29-20(28)14-8-17(22-12(2)25)10-18(9-14)23-13(3)26/h4-11H,1-3H3,(H,22,25)(H,23,26)(H,24,27)/t11-/m0/s1. The molecule has 152 valence electrons. The van der Waals surface area contributed by atoms with E-state index in [-0.39, 0.29) is 28.8 Å². The van der Waals surface area contributed by atoms with Gasteiger partial charge in [-0.25, -0.2) is 9.18 Å². The molecule has 0 saturated heterocycles. The zero-order valence-corrected chi connectivity index (χ0v) is 16.0. The highest BCUT2D eigenvalue weighted by molar-refractivity contribution is 6.00. The minimum absolute atomic E-state index is 0.0291. The van der Waals surface area contributed by atoms with Crippen molar-refractivity contribution in [1.29, 1.82) is 0 Å². The molecule has 0 aliphatic heterocycles. The Balaban J connectivity index is 2.12. The molecular formula is C20H20FN3O5. The van der Waals surface area contributed by atoms with Crippen LogP contribution in [-0.4, -0.2) is 29.8 Å². The van der Waals surface area contributed by atoms with Crippen molar-refractivity contribution in [3.8, 4) is 0 Å². The van der Waals surface area contributed by atoms with E-state index in [1.54, 1.807) is 0 Å². The molecule has 0 heterocycles. The zero-order chi connectivity index (χ0) is 21.6. The van der Waals surface area contributed by atoms with Crippen LogP contribution >= 0.6 is 0 Å². The number of carbonyl (C=O) groups excluding carboxylic acids is 4. The predicted octanol–water partition coefficient (Wildman–Crippen LogP) is 2.93. The van der Waals surface area contributed by atoms with Crippen molar-refractivity contribution < 1.29 is 28.3 Å². The fourth-order valence-electron chi connectivity index (χ4n) is 2.36. The van der Waals surface area contributed by atoms with Crippen molar-refractivity contribution in [1.82, 2.24) is 0 Å². The molecule has 9 heteroatoms. The van der Waals surface area contributed by atoms with Gasteiger partial charge in [0.2, 0.25) is 11.8 Å². The second-order valence-corrected chi connectivity index (χ2v) is 6.21. The van der Waals surface area contributed by atoms with Crippen LogP contribution in [0.4, 0.5) is 21.5 Å². The van der Waals surface area contributed by atoms with Crippen molar-refractivity contribution in [2.45, 2.75) is 26.9 Å². The van der Waals surface area contributed by atoms with E-state index < -0.39 is 23.8 Å². The van der Waals surface area contributed by atoms with Gasteiger partial charge in [0.15, 0.2) is 6.10 Å². The topological polar surface area (TPSA) is 114 Å². The summed E-state index contributed by atoms with van der Waals surface area (Å²) < 4.78 is 18.1. The molecule has 0 spiro atoms. The van der Waals surface area contributed by atoms with Gasteiger partial charge in [-0.05, 0) is 49.4 Å². The van der Waals surface area contributed by atoms with E-state index in [4.69, 9.17) is 4.74 Å². The van der Waals surface area contributed by atoms with Crippen LogP contribution in [0.1, 0.15) is 31.1 Å². The van der Waals surface area contributed by atoms with Crippen molar-refractivity contribution in [2.24, 2.45) is 0 Å². The van der Waals surface area contributed by atoms with Gasteiger partial charge in [0, 0.05) is 30.9 Å². The van der Waals surface area contributed by atoms with E-state index in [0.717, 1.165) is 0 Å². The third kappa shape index (κ3) is 6.73. The quantitative estimate of drug-likeness (QED) is 0.644. The number of rotatable bonds is 6. The van der Waals surface area contributed by atoms with Crippen molar-refractivity contribution >= 4 is 40.8 Å². The van der Waals surface area contributed by atoms with E-state index >= 15 is 0 Å². The van der Waals surface area contributed by atoms with Crippen LogP contribution in [0.5, 0.6) is 0 Å². The number of benzene rings is 2. The van der Waals surface area contributed by atoms with E-state index in [2.05, 4.69) is 16.0 Å². The van der Waals surface area contributed by atoms with Crippen LogP contribution in [0.25, 0.3) is 0 Å². The van der Waals surface area contributed by atoms with E-state index in [9.17, 15) is 23.6 Å². The average Bonchev–Trinajstić information content (AvgIpc) is 2.62. The van der Waals surface area contributed by atoms with Crippen LogP contribution in [0.3, 0.4) is 0 Å². The van der Waals surface area contributed by atoms with E-state index in [0.29, 0.717) is 5.69 Å². The van der Waals surface area contributed by atoms with E-state index in [1.165, 1.54) is 63.2 Å². The molecule has 8 nitrogen and oxygen atoms in total. The van der Waals surface area contributed by atoms with Gasteiger partial charge in [0.25, 0.3) is 5.91 Å². The number of hydrogen-bond acceptors (Lipinski definition) is 5. The number of halogens is 1. The monoisotopic (exact) mass is 401 g/mol. The maximum Gasteiger partial charge on any atom is 0.339 e. The molecule has 2 aromatic carbocycles. The lowest BCUT2D eigenvalue weighted by atomic mass is 10.1. The second-order valence-electron chi connectivity index (χ2n) is 6.21. The first-order valence-corrected chi connectivity index (χ1v) is 8.61. The SMILES string of the molecule is CC(=O)Nc1cc(NC(C)=O)cc(C(=O)O[C@@H](C)C(=O)Nc2ccc(F)cc2)c1. The zero-order valence-electron chi connectivity index (χ0n) is 16.0. The van der Waals surface area contributed by atoms with Crippen molar-refractivity contribution in [3.05, 3.63) is 53.8 Å². The molecule has 3 N–H and O–H groups in total. The van der Waals surface area contributed by atoms with Gasteiger partial charge < -0.3 is 20.7 Å². The smallest absolute Gasteiger partial charge is 0.339 e. The van der Waals surface area contributed by atoms with Gasteiger partial charge in [-0.3, -0.25) is 14.4 Å². The summed E-state index contributed by atoms with van der Waals surface area (Å²) in [5.74, 6) is -2.61. The molecule has 2 aromatic rings. The minimum atomic E-state index is -1.15. The number of amides is 3. The molecule has 0 aliphatic rings. The fourth-order valence-corrected chi connectivity index (χ4v) is 2.36. The highest BCUT2D eigenvalue weighted by Crippen LogP contribution is 2.21. The van der Waals surface area contributed by atoms with Gasteiger partial charge in [0.1, 0.15) is 5.82 Å². The number of esters is 1. The van der Waals surface area contributed by atoms with Gasteiger partial charge in [-0.15, -0.1) is 0 Å². The number of carbonyl (C=O) groups is 4. The summed E-state index contributed by atoms with van der Waals surface area (Å²) in [7, 11) is 0. The molecule has 0 bridgehead atoms. The van der Waals surface area contributed by atoms with Crippen LogP contribution in [-0.2, 0) is 19.1 Å². The summed E-state index contributed by atoms with van der Waals surface area (Å²) in [6.45, 7) is 3.97. The van der Waals surface area contributed by atoms with E-state index in [1.807, 2.05) is 0 Å². The molecule has 0 unspecified atom stereocenters. The first kappa shape index (κ1) is 21.5. The molecular weight excluding hydrogens is 381 g/mol. The minimum Gasteiger partial charge on any atom is -0.449 e. The Morgan fingerprint density at radius 3 is 1.83 bits per heavy atom. The van der Waals surface area contributed by atoms with Crippen LogP contribution in [0.2, 0.25) is 0 Å². The van der Waals surface area contributed by atoms with Crippen LogP contribution < -0.4 is 16.0 Å². The third-order valence-corrected chi connectivity index (χ3v) is 3.57. The van der Waals surface area contributed by atoms with Crippen LogP contribution in [0, 0.1) is 5.82 Å². The highest BCUT2D eigenvalue weighted by atomic mass is 19.1. The highest BCUT2D eigenvalue weighted by Gasteiger charge is 2.20. The fraction of sp³-hybridized carbons (Fsp3) is 0.200. The Morgan fingerprint density at radius 1 is 0.828 bits per heavy atom. The number of hydrogen-bond donors (Lipinski definition) is 3. The molecule has 0 radical (unpaired) electrons. The number of nitrogens with one attached hydrogen (secondary N) is 3. The summed E-state index contributed by atoms with van der Waals surface area (Å²) in [6, 6.07) is 9.31. The number of anilines is 3. The maximum atomic E-state index is 12.9. The molecule has 0 saturated carbocycles. The van der Waals surface area contributed by atoms with Crippen molar-refractivity contribution in [2.75, 3.05) is 16.0 Å². The molecule has 3 amide bonds. The second kappa shape index (κ2) is 9.45. The predicted molar refractivity (Wildman–Crippen MR) is 105 cm³/mol. The first-order chi connectivity index (χ1) is 13.6. The third-order valence-electron chi connectivity index (χ3n) is 3.57.